The molecule has 0 atom stereocenters. The highest BCUT2D eigenvalue weighted by Crippen LogP contribution is 2.58. The summed E-state index contributed by atoms with van der Waals surface area (Å²) in [7, 11) is 1.66. The van der Waals surface area contributed by atoms with E-state index in [9.17, 15) is 4.79 Å². The first-order valence-corrected chi connectivity index (χ1v) is 10.3. The smallest absolute Gasteiger partial charge is 0.150 e. The van der Waals surface area contributed by atoms with Crippen molar-refractivity contribution < 1.29 is 13.9 Å². The molecule has 4 aliphatic carbocycles. The maximum atomic E-state index is 15.1. The van der Waals surface area contributed by atoms with Crippen LogP contribution in [0.25, 0.3) is 5.57 Å². The highest BCUT2D eigenvalue weighted by molar-refractivity contribution is 5.85. The van der Waals surface area contributed by atoms with Gasteiger partial charge in [-0.3, -0.25) is 4.79 Å². The molecule has 2 aromatic rings. The van der Waals surface area contributed by atoms with E-state index in [0.29, 0.717) is 29.2 Å². The standard InChI is InChI=1S/C25H25FO2/c1-28-21-5-3-18(4-6-21)25(22-7-2-15(14-27)13-23(22)26)24-19-9-16-8-17(11-19)12-20(24)10-16/h2-7,13-14,16-17,19-20H,8-12H2,1H3. The van der Waals surface area contributed by atoms with Crippen molar-refractivity contribution in [3.63, 3.8) is 0 Å². The predicted octanol–water partition coefficient (Wildman–Crippen LogP) is 5.90. The third-order valence-corrected chi connectivity index (χ3v) is 7.08. The molecule has 0 unspecified atom stereocenters. The molecule has 0 aliphatic heterocycles. The van der Waals surface area contributed by atoms with Crippen LogP contribution in [-0.2, 0) is 0 Å². The van der Waals surface area contributed by atoms with Gasteiger partial charge in [-0.15, -0.1) is 0 Å². The SMILES string of the molecule is COc1ccc(C(=C2C3CC4CC(C3)CC2C4)c2ccc(C=O)cc2F)cc1. The number of aldehydes is 1. The largest absolute Gasteiger partial charge is 0.497 e. The Morgan fingerprint density at radius 2 is 1.61 bits per heavy atom. The lowest BCUT2D eigenvalue weighted by Crippen LogP contribution is -2.40. The molecule has 6 rings (SSSR count). The Hall–Kier alpha value is -2.42. The topological polar surface area (TPSA) is 26.3 Å². The molecule has 0 saturated heterocycles. The molecule has 144 valence electrons. The number of methoxy groups -OCH3 is 1. The van der Waals surface area contributed by atoms with Gasteiger partial charge in [-0.25, -0.2) is 4.39 Å². The van der Waals surface area contributed by atoms with E-state index in [1.54, 1.807) is 19.2 Å². The van der Waals surface area contributed by atoms with Crippen LogP contribution in [0.4, 0.5) is 4.39 Å². The molecule has 0 spiro atoms. The van der Waals surface area contributed by atoms with E-state index in [-0.39, 0.29) is 5.82 Å². The summed E-state index contributed by atoms with van der Waals surface area (Å²) in [4.78, 5) is 11.1. The van der Waals surface area contributed by atoms with Gasteiger partial charge in [-0.2, -0.15) is 0 Å². The van der Waals surface area contributed by atoms with Crippen LogP contribution in [0.15, 0.2) is 48.0 Å². The Labute approximate surface area is 165 Å². The third-order valence-electron chi connectivity index (χ3n) is 7.08. The average Bonchev–Trinajstić information content (AvgIpc) is 2.71. The van der Waals surface area contributed by atoms with Crippen LogP contribution in [0, 0.1) is 29.5 Å². The summed E-state index contributed by atoms with van der Waals surface area (Å²) in [6.07, 6.45) is 7.08. The molecule has 4 bridgehead atoms. The number of allylic oxidation sites excluding steroid dienone is 1. The fourth-order valence-electron chi connectivity index (χ4n) is 6.14. The monoisotopic (exact) mass is 376 g/mol. The van der Waals surface area contributed by atoms with Crippen LogP contribution in [-0.4, -0.2) is 13.4 Å². The van der Waals surface area contributed by atoms with E-state index in [1.807, 2.05) is 24.3 Å². The fraction of sp³-hybridized carbons (Fsp3) is 0.400. The molecule has 3 heteroatoms. The Kier molecular flexibility index (Phi) is 4.34. The highest BCUT2D eigenvalue weighted by atomic mass is 19.1. The van der Waals surface area contributed by atoms with Crippen LogP contribution in [0.2, 0.25) is 0 Å². The number of hydrogen-bond donors (Lipinski definition) is 0. The van der Waals surface area contributed by atoms with Crippen LogP contribution in [0.1, 0.15) is 53.6 Å². The molecule has 0 heterocycles. The summed E-state index contributed by atoms with van der Waals surface area (Å²) in [6, 6.07) is 12.9. The molecule has 4 saturated carbocycles. The lowest BCUT2D eigenvalue weighted by atomic mass is 9.53. The molecule has 0 amide bonds. The highest BCUT2D eigenvalue weighted by Gasteiger charge is 2.46. The number of halogens is 1. The molecule has 0 N–H and O–H groups in total. The van der Waals surface area contributed by atoms with E-state index in [2.05, 4.69) is 0 Å². The van der Waals surface area contributed by atoms with Gasteiger partial charge in [-0.05, 0) is 85.1 Å². The lowest BCUT2D eigenvalue weighted by Gasteiger charge is -2.52. The van der Waals surface area contributed by atoms with E-state index in [4.69, 9.17) is 4.74 Å². The lowest BCUT2D eigenvalue weighted by molar-refractivity contribution is 0.0705. The van der Waals surface area contributed by atoms with Crippen LogP contribution >= 0.6 is 0 Å². The van der Waals surface area contributed by atoms with Crippen LogP contribution < -0.4 is 4.74 Å². The van der Waals surface area contributed by atoms with Gasteiger partial charge in [0.2, 0.25) is 0 Å². The molecule has 0 aromatic heterocycles. The van der Waals surface area contributed by atoms with Gasteiger partial charge < -0.3 is 4.74 Å². The Morgan fingerprint density at radius 1 is 0.964 bits per heavy atom. The van der Waals surface area contributed by atoms with Gasteiger partial charge in [0.05, 0.1) is 7.11 Å². The fourth-order valence-corrected chi connectivity index (χ4v) is 6.14. The molecule has 4 fully saturated rings. The van der Waals surface area contributed by atoms with Gasteiger partial charge >= 0.3 is 0 Å². The average molecular weight is 376 g/mol. The number of ether oxygens (including phenoxy) is 1. The first-order valence-electron chi connectivity index (χ1n) is 10.3. The second kappa shape index (κ2) is 6.88. The van der Waals surface area contributed by atoms with Crippen molar-refractivity contribution >= 4 is 11.9 Å². The molecular formula is C25H25FO2. The van der Waals surface area contributed by atoms with Crippen molar-refractivity contribution in [3.8, 4) is 5.75 Å². The predicted molar refractivity (Wildman–Crippen MR) is 108 cm³/mol. The number of rotatable bonds is 4. The molecule has 2 aromatic carbocycles. The summed E-state index contributed by atoms with van der Waals surface area (Å²) in [5.74, 6) is 3.33. The van der Waals surface area contributed by atoms with E-state index in [1.165, 1.54) is 43.7 Å². The normalized spacial score (nSPS) is 27.7. The summed E-state index contributed by atoms with van der Waals surface area (Å²) in [6.45, 7) is 0. The zero-order chi connectivity index (χ0) is 19.3. The maximum Gasteiger partial charge on any atom is 0.150 e. The summed E-state index contributed by atoms with van der Waals surface area (Å²) in [5.41, 5.74) is 4.55. The second-order valence-electron chi connectivity index (χ2n) is 8.72. The maximum absolute atomic E-state index is 15.1. The summed E-state index contributed by atoms with van der Waals surface area (Å²) >= 11 is 0. The molecule has 0 radical (unpaired) electrons. The van der Waals surface area contributed by atoms with Crippen molar-refractivity contribution in [1.29, 1.82) is 0 Å². The minimum atomic E-state index is -0.309. The summed E-state index contributed by atoms with van der Waals surface area (Å²) < 4.78 is 20.4. The van der Waals surface area contributed by atoms with E-state index >= 15 is 4.39 Å². The van der Waals surface area contributed by atoms with Crippen molar-refractivity contribution in [1.82, 2.24) is 0 Å². The molecule has 2 nitrogen and oxygen atoms in total. The Bertz CT molecular complexity index is 912. The zero-order valence-corrected chi connectivity index (χ0v) is 16.2. The van der Waals surface area contributed by atoms with Crippen molar-refractivity contribution in [2.75, 3.05) is 7.11 Å². The minimum Gasteiger partial charge on any atom is -0.497 e. The first kappa shape index (κ1) is 17.7. The van der Waals surface area contributed by atoms with Crippen LogP contribution in [0.3, 0.4) is 0 Å². The van der Waals surface area contributed by atoms with Gasteiger partial charge in [0.15, 0.2) is 0 Å². The third kappa shape index (κ3) is 2.88. The molecular weight excluding hydrogens is 351 g/mol. The van der Waals surface area contributed by atoms with Crippen molar-refractivity contribution in [2.45, 2.75) is 32.1 Å². The molecule has 4 aliphatic rings. The van der Waals surface area contributed by atoms with Crippen molar-refractivity contribution in [3.05, 3.63) is 70.5 Å². The van der Waals surface area contributed by atoms with Gasteiger partial charge in [0.1, 0.15) is 17.9 Å². The van der Waals surface area contributed by atoms with Gasteiger partial charge in [-0.1, -0.05) is 29.8 Å². The van der Waals surface area contributed by atoms with Gasteiger partial charge in [0.25, 0.3) is 0 Å². The van der Waals surface area contributed by atoms with E-state index < -0.39 is 0 Å². The number of carbonyl (C=O) groups is 1. The number of carbonyl (C=O) groups excluding carboxylic acids is 1. The van der Waals surface area contributed by atoms with Crippen LogP contribution in [0.5, 0.6) is 5.75 Å². The Morgan fingerprint density at radius 3 is 2.14 bits per heavy atom. The second-order valence-corrected chi connectivity index (χ2v) is 8.72. The minimum absolute atomic E-state index is 0.309. The quantitative estimate of drug-likeness (QED) is 0.621. The van der Waals surface area contributed by atoms with Crippen molar-refractivity contribution in [2.24, 2.45) is 23.7 Å². The Balaban J connectivity index is 1.70. The summed E-state index contributed by atoms with van der Waals surface area (Å²) in [5, 5.41) is 0. The van der Waals surface area contributed by atoms with Gasteiger partial charge in [0, 0.05) is 11.1 Å². The molecule has 28 heavy (non-hydrogen) atoms. The van der Waals surface area contributed by atoms with E-state index in [0.717, 1.165) is 28.7 Å². The number of hydrogen-bond acceptors (Lipinski definition) is 2. The zero-order valence-electron chi connectivity index (χ0n) is 16.2. The number of benzene rings is 2. The first-order chi connectivity index (χ1) is 13.7.